The summed E-state index contributed by atoms with van der Waals surface area (Å²) in [6.45, 7) is 1.11. The van der Waals surface area contributed by atoms with E-state index in [0.29, 0.717) is 10.7 Å². The van der Waals surface area contributed by atoms with Crippen molar-refractivity contribution in [3.05, 3.63) is 0 Å². The average Bonchev–Trinajstić information content (AvgIpc) is 2.10. The molecule has 1 atom stereocenters. The maximum atomic E-state index is 11.5. The highest BCUT2D eigenvalue weighted by atomic mass is 32.2. The van der Waals surface area contributed by atoms with Crippen LogP contribution in [-0.4, -0.2) is 42.0 Å². The smallest absolute Gasteiger partial charge is 0.308 e. The van der Waals surface area contributed by atoms with Gasteiger partial charge in [0.2, 0.25) is 15.9 Å². The van der Waals surface area contributed by atoms with E-state index in [1.807, 2.05) is 0 Å². The lowest BCUT2D eigenvalue weighted by Gasteiger charge is -2.27. The van der Waals surface area contributed by atoms with Crippen LogP contribution >= 0.6 is 0 Å². The van der Waals surface area contributed by atoms with Gasteiger partial charge in [0.15, 0.2) is 0 Å². The minimum absolute atomic E-state index is 0.0783. The van der Waals surface area contributed by atoms with E-state index in [9.17, 15) is 18.0 Å². The van der Waals surface area contributed by atoms with Crippen molar-refractivity contribution in [2.24, 2.45) is 5.92 Å². The fourth-order valence-corrected chi connectivity index (χ4v) is 2.92. The Morgan fingerprint density at radius 1 is 1.60 bits per heavy atom. The Kier molecular flexibility index (Phi) is 3.33. The van der Waals surface area contributed by atoms with E-state index < -0.39 is 27.8 Å². The number of carboxylic acid groups (broad SMARTS) is 1. The summed E-state index contributed by atoms with van der Waals surface area (Å²) in [6.07, 6.45) is 0.491. The molecule has 6 nitrogen and oxygen atoms in total. The zero-order chi connectivity index (χ0) is 11.6. The lowest BCUT2D eigenvalue weighted by atomic mass is 10.2. The van der Waals surface area contributed by atoms with Gasteiger partial charge in [-0.15, -0.1) is 0 Å². The zero-order valence-corrected chi connectivity index (χ0v) is 9.16. The van der Waals surface area contributed by atoms with Gasteiger partial charge in [0.05, 0.1) is 11.7 Å². The third-order valence-corrected chi connectivity index (χ3v) is 4.10. The molecule has 0 aromatic heterocycles. The highest BCUT2D eigenvalue weighted by Gasteiger charge is 2.33. The zero-order valence-electron chi connectivity index (χ0n) is 8.34. The van der Waals surface area contributed by atoms with E-state index in [2.05, 4.69) is 0 Å². The van der Waals surface area contributed by atoms with Gasteiger partial charge < -0.3 is 5.11 Å². The van der Waals surface area contributed by atoms with Crippen molar-refractivity contribution in [2.45, 2.75) is 19.8 Å². The van der Waals surface area contributed by atoms with Gasteiger partial charge in [0.1, 0.15) is 0 Å². The van der Waals surface area contributed by atoms with Crippen LogP contribution in [0.4, 0.5) is 0 Å². The number of sulfonamides is 1. The van der Waals surface area contributed by atoms with Crippen LogP contribution in [0.15, 0.2) is 0 Å². The number of rotatable bonds is 3. The van der Waals surface area contributed by atoms with Gasteiger partial charge in [-0.3, -0.25) is 9.59 Å². The van der Waals surface area contributed by atoms with Crippen LogP contribution in [0.3, 0.4) is 0 Å². The van der Waals surface area contributed by atoms with Crippen LogP contribution in [0.1, 0.15) is 19.8 Å². The molecule has 0 aromatic rings. The standard InChI is InChI=1S/C8H13NO5S/c1-6(8(11)12)5-9-7(10)3-2-4-15(9,13)14/h6H,2-5H2,1H3,(H,11,12). The Morgan fingerprint density at radius 2 is 2.20 bits per heavy atom. The number of carbonyl (C=O) groups excluding carboxylic acids is 1. The summed E-state index contributed by atoms with van der Waals surface area (Å²) in [5.74, 6) is -2.56. The number of carboxylic acids is 1. The van der Waals surface area contributed by atoms with Gasteiger partial charge in [0.25, 0.3) is 0 Å². The van der Waals surface area contributed by atoms with Gasteiger partial charge in [-0.2, -0.15) is 0 Å². The van der Waals surface area contributed by atoms with E-state index in [1.165, 1.54) is 6.92 Å². The van der Waals surface area contributed by atoms with Crippen molar-refractivity contribution in [3.63, 3.8) is 0 Å². The SMILES string of the molecule is CC(CN1C(=O)CCCS1(=O)=O)C(=O)O. The van der Waals surface area contributed by atoms with Gasteiger partial charge in [-0.25, -0.2) is 12.7 Å². The third kappa shape index (κ3) is 2.68. The molecule has 1 saturated heterocycles. The number of amides is 1. The Hall–Kier alpha value is -1.11. The first-order chi connectivity index (χ1) is 6.84. The summed E-state index contributed by atoms with van der Waals surface area (Å²) in [5.41, 5.74) is 0. The predicted molar refractivity (Wildman–Crippen MR) is 51.5 cm³/mol. The maximum absolute atomic E-state index is 11.5. The molecule has 7 heteroatoms. The molecule has 15 heavy (non-hydrogen) atoms. The molecule has 86 valence electrons. The second-order valence-corrected chi connectivity index (χ2v) is 5.60. The second-order valence-electron chi connectivity index (χ2n) is 3.58. The van der Waals surface area contributed by atoms with Crippen LogP contribution in [0.25, 0.3) is 0 Å². The number of aliphatic carboxylic acids is 1. The summed E-state index contributed by atoms with van der Waals surface area (Å²) in [7, 11) is -3.58. The molecule has 0 radical (unpaired) electrons. The highest BCUT2D eigenvalue weighted by Crippen LogP contribution is 2.16. The molecule has 0 aromatic carbocycles. The van der Waals surface area contributed by atoms with Gasteiger partial charge in [-0.1, -0.05) is 6.92 Å². The molecule has 0 spiro atoms. The summed E-state index contributed by atoms with van der Waals surface area (Å²) >= 11 is 0. The minimum Gasteiger partial charge on any atom is -0.481 e. The second kappa shape index (κ2) is 4.18. The molecular formula is C8H13NO5S. The van der Waals surface area contributed by atoms with Gasteiger partial charge in [-0.05, 0) is 6.42 Å². The molecular weight excluding hydrogens is 222 g/mol. The largest absolute Gasteiger partial charge is 0.481 e. The number of nitrogens with zero attached hydrogens (tertiary/aromatic N) is 1. The lowest BCUT2D eigenvalue weighted by molar-refractivity contribution is -0.141. The van der Waals surface area contributed by atoms with Crippen molar-refractivity contribution in [3.8, 4) is 0 Å². The monoisotopic (exact) mass is 235 g/mol. The molecule has 1 amide bonds. The normalized spacial score (nSPS) is 22.5. The molecule has 1 N–H and O–H groups in total. The molecule has 1 aliphatic rings. The molecule has 0 saturated carbocycles. The fourth-order valence-electron chi connectivity index (χ4n) is 1.34. The van der Waals surface area contributed by atoms with Crippen LogP contribution in [0.5, 0.6) is 0 Å². The molecule has 1 aliphatic heterocycles. The lowest BCUT2D eigenvalue weighted by Crippen LogP contribution is -2.45. The van der Waals surface area contributed by atoms with Crippen molar-refractivity contribution in [1.82, 2.24) is 4.31 Å². The van der Waals surface area contributed by atoms with Crippen LogP contribution in [-0.2, 0) is 19.6 Å². The first-order valence-corrected chi connectivity index (χ1v) is 6.21. The van der Waals surface area contributed by atoms with Crippen LogP contribution in [0.2, 0.25) is 0 Å². The predicted octanol–water partition coefficient (Wildman–Crippen LogP) is -0.341. The summed E-state index contributed by atoms with van der Waals surface area (Å²) < 4.78 is 23.6. The Bertz CT molecular complexity index is 374. The van der Waals surface area contributed by atoms with Crippen molar-refractivity contribution < 1.29 is 23.1 Å². The third-order valence-electron chi connectivity index (χ3n) is 2.27. The fraction of sp³-hybridized carbons (Fsp3) is 0.750. The summed E-state index contributed by atoms with van der Waals surface area (Å²) in [6, 6.07) is 0. The molecule has 1 heterocycles. The Labute approximate surface area is 87.9 Å². The highest BCUT2D eigenvalue weighted by molar-refractivity contribution is 7.89. The first kappa shape index (κ1) is 12.0. The topological polar surface area (TPSA) is 91.8 Å². The van der Waals surface area contributed by atoms with Crippen molar-refractivity contribution >= 4 is 21.9 Å². The maximum Gasteiger partial charge on any atom is 0.308 e. The molecule has 0 aliphatic carbocycles. The van der Waals surface area contributed by atoms with Gasteiger partial charge in [0, 0.05) is 13.0 Å². The van der Waals surface area contributed by atoms with Crippen LogP contribution < -0.4 is 0 Å². The van der Waals surface area contributed by atoms with Gasteiger partial charge >= 0.3 is 5.97 Å². The van der Waals surface area contributed by atoms with E-state index >= 15 is 0 Å². The molecule has 0 bridgehead atoms. The molecule has 1 fully saturated rings. The van der Waals surface area contributed by atoms with Crippen molar-refractivity contribution in [1.29, 1.82) is 0 Å². The first-order valence-electron chi connectivity index (χ1n) is 4.60. The van der Waals surface area contributed by atoms with E-state index in [4.69, 9.17) is 5.11 Å². The number of hydrogen-bond donors (Lipinski definition) is 1. The Balaban J connectivity index is 2.81. The summed E-state index contributed by atoms with van der Waals surface area (Å²) in [4.78, 5) is 21.9. The van der Waals surface area contributed by atoms with E-state index in [1.54, 1.807) is 0 Å². The molecule has 1 unspecified atom stereocenters. The number of carbonyl (C=O) groups is 2. The summed E-state index contributed by atoms with van der Waals surface area (Å²) in [5, 5.41) is 8.64. The number of hydrogen-bond acceptors (Lipinski definition) is 4. The van der Waals surface area contributed by atoms with E-state index in [0.717, 1.165) is 0 Å². The van der Waals surface area contributed by atoms with E-state index in [-0.39, 0.29) is 18.7 Å². The molecule has 1 rings (SSSR count). The average molecular weight is 235 g/mol. The quantitative estimate of drug-likeness (QED) is 0.722. The van der Waals surface area contributed by atoms with Crippen molar-refractivity contribution in [2.75, 3.05) is 12.3 Å². The van der Waals surface area contributed by atoms with Crippen LogP contribution in [0, 0.1) is 5.92 Å². The minimum atomic E-state index is -3.58. The Morgan fingerprint density at radius 3 is 2.67 bits per heavy atom.